The van der Waals surface area contributed by atoms with Gasteiger partial charge in [-0.05, 0) is 41.5 Å². The number of aromatic nitrogens is 4. The van der Waals surface area contributed by atoms with Crippen molar-refractivity contribution in [3.05, 3.63) is 30.6 Å². The van der Waals surface area contributed by atoms with Crippen molar-refractivity contribution < 1.29 is 9.53 Å². The number of nitrogens with two attached hydrogens (primary N) is 1. The smallest absolute Gasteiger partial charge is 0.244 e. The molecule has 1 saturated heterocycles. The van der Waals surface area contributed by atoms with Gasteiger partial charge in [-0.3, -0.25) is 4.79 Å². The number of amides is 1. The number of carbonyl (C=O) groups is 1. The van der Waals surface area contributed by atoms with E-state index in [-0.39, 0.29) is 18.3 Å². The van der Waals surface area contributed by atoms with Crippen molar-refractivity contribution in [2.45, 2.75) is 18.4 Å². The van der Waals surface area contributed by atoms with Crippen LogP contribution in [-0.2, 0) is 9.53 Å². The van der Waals surface area contributed by atoms with Gasteiger partial charge in [0, 0.05) is 18.9 Å². The van der Waals surface area contributed by atoms with Gasteiger partial charge in [0.05, 0.1) is 5.69 Å². The predicted octanol–water partition coefficient (Wildman–Crippen LogP) is 0.530. The highest BCUT2D eigenvalue weighted by Crippen LogP contribution is 2.21. The quantitative estimate of drug-likeness (QED) is 0.852. The molecule has 0 spiro atoms. The third-order valence-electron chi connectivity index (χ3n) is 3.55. The lowest BCUT2D eigenvalue weighted by Gasteiger charge is -2.31. The fourth-order valence-electron chi connectivity index (χ4n) is 2.22. The highest BCUT2D eigenvalue weighted by atomic mass is 35.5. The average Bonchev–Trinajstić information content (AvgIpc) is 3.02. The summed E-state index contributed by atoms with van der Waals surface area (Å²) in [7, 11) is 0. The Morgan fingerprint density at radius 2 is 2.14 bits per heavy atom. The Bertz CT molecular complexity index is 627. The molecule has 1 aromatic heterocycles. The molecule has 8 nitrogen and oxygen atoms in total. The number of anilines is 1. The normalized spacial score (nSPS) is 16.6. The van der Waals surface area contributed by atoms with Crippen molar-refractivity contribution in [3.63, 3.8) is 0 Å². The van der Waals surface area contributed by atoms with Crippen LogP contribution in [0.25, 0.3) is 5.69 Å². The lowest BCUT2D eigenvalue weighted by atomic mass is 9.90. The van der Waals surface area contributed by atoms with E-state index < -0.39 is 5.54 Å². The second-order valence-electron chi connectivity index (χ2n) is 5.03. The SMILES string of the molecule is Cl.NC1(C(=O)Nc2cccc(-n3cnnn3)c2)CCOCC1. The van der Waals surface area contributed by atoms with Crippen LogP contribution in [0.4, 0.5) is 5.69 Å². The standard InChI is InChI=1S/C13H16N6O2.ClH/c14-13(4-6-21-7-5-13)12(20)16-10-2-1-3-11(8-10)19-9-15-17-18-19;/h1-3,8-9H,4-7,14H2,(H,16,20);1H. The van der Waals surface area contributed by atoms with E-state index in [1.165, 1.54) is 11.0 Å². The molecule has 118 valence electrons. The fourth-order valence-corrected chi connectivity index (χ4v) is 2.22. The maximum absolute atomic E-state index is 12.3. The number of hydrogen-bond donors (Lipinski definition) is 2. The molecule has 22 heavy (non-hydrogen) atoms. The highest BCUT2D eigenvalue weighted by Gasteiger charge is 2.35. The van der Waals surface area contributed by atoms with Crippen LogP contribution in [0.5, 0.6) is 0 Å². The van der Waals surface area contributed by atoms with E-state index in [9.17, 15) is 4.79 Å². The molecule has 1 aliphatic rings. The second kappa shape index (κ2) is 6.82. The van der Waals surface area contributed by atoms with E-state index in [0.717, 1.165) is 5.69 Å². The number of benzene rings is 1. The molecule has 2 aromatic rings. The summed E-state index contributed by atoms with van der Waals surface area (Å²) in [5.74, 6) is -0.195. The Kier molecular flexibility index (Phi) is 5.07. The predicted molar refractivity (Wildman–Crippen MR) is 82.0 cm³/mol. The van der Waals surface area contributed by atoms with Crippen LogP contribution in [0.2, 0.25) is 0 Å². The van der Waals surface area contributed by atoms with Gasteiger partial charge in [0.2, 0.25) is 5.91 Å². The number of tetrazole rings is 1. The molecule has 1 aromatic carbocycles. The van der Waals surface area contributed by atoms with Gasteiger partial charge >= 0.3 is 0 Å². The minimum atomic E-state index is -0.872. The molecule has 0 saturated carbocycles. The summed E-state index contributed by atoms with van der Waals surface area (Å²) in [6.07, 6.45) is 2.53. The highest BCUT2D eigenvalue weighted by molar-refractivity contribution is 5.98. The van der Waals surface area contributed by atoms with Gasteiger partial charge in [-0.15, -0.1) is 17.5 Å². The first-order valence-electron chi connectivity index (χ1n) is 6.69. The fraction of sp³-hybridized carbons (Fsp3) is 0.385. The summed E-state index contributed by atoms with van der Waals surface area (Å²) in [4.78, 5) is 12.3. The lowest BCUT2D eigenvalue weighted by molar-refractivity contribution is -0.124. The van der Waals surface area contributed by atoms with Crippen LogP contribution >= 0.6 is 12.4 Å². The molecule has 0 aliphatic carbocycles. The van der Waals surface area contributed by atoms with Crippen LogP contribution in [0.3, 0.4) is 0 Å². The zero-order valence-electron chi connectivity index (χ0n) is 11.8. The monoisotopic (exact) mass is 324 g/mol. The number of ether oxygens (including phenoxy) is 1. The zero-order chi connectivity index (χ0) is 14.7. The first kappa shape index (κ1) is 16.3. The summed E-state index contributed by atoms with van der Waals surface area (Å²) in [5, 5.41) is 13.8. The summed E-state index contributed by atoms with van der Waals surface area (Å²) in [6.45, 7) is 1.02. The Labute approximate surface area is 133 Å². The third-order valence-corrected chi connectivity index (χ3v) is 3.55. The molecule has 1 amide bonds. The molecule has 0 atom stereocenters. The Balaban J connectivity index is 0.00000176. The van der Waals surface area contributed by atoms with Gasteiger partial charge in [0.25, 0.3) is 0 Å². The van der Waals surface area contributed by atoms with Crippen molar-refractivity contribution in [3.8, 4) is 5.69 Å². The van der Waals surface area contributed by atoms with Crippen molar-refractivity contribution >= 4 is 24.0 Å². The molecule has 2 heterocycles. The van der Waals surface area contributed by atoms with Gasteiger partial charge in [-0.2, -0.15) is 0 Å². The molecule has 3 rings (SSSR count). The maximum Gasteiger partial charge on any atom is 0.244 e. The van der Waals surface area contributed by atoms with E-state index in [4.69, 9.17) is 10.5 Å². The summed E-state index contributed by atoms with van der Waals surface area (Å²) in [5.41, 5.74) is 6.70. The minimum Gasteiger partial charge on any atom is -0.381 e. The van der Waals surface area contributed by atoms with Gasteiger partial charge < -0.3 is 15.8 Å². The number of carbonyl (C=O) groups excluding carboxylic acids is 1. The molecule has 0 radical (unpaired) electrons. The number of rotatable bonds is 3. The largest absolute Gasteiger partial charge is 0.381 e. The van der Waals surface area contributed by atoms with Gasteiger partial charge in [-0.25, -0.2) is 4.68 Å². The summed E-state index contributed by atoms with van der Waals surface area (Å²) >= 11 is 0. The second-order valence-corrected chi connectivity index (χ2v) is 5.03. The van der Waals surface area contributed by atoms with Gasteiger partial charge in [0.15, 0.2) is 0 Å². The Morgan fingerprint density at radius 1 is 1.36 bits per heavy atom. The number of hydrogen-bond acceptors (Lipinski definition) is 6. The van der Waals surface area contributed by atoms with Crippen LogP contribution in [0.15, 0.2) is 30.6 Å². The Morgan fingerprint density at radius 3 is 2.82 bits per heavy atom. The van der Waals surface area contributed by atoms with E-state index in [1.54, 1.807) is 12.1 Å². The van der Waals surface area contributed by atoms with E-state index in [0.29, 0.717) is 31.7 Å². The molecular formula is C13H17ClN6O2. The van der Waals surface area contributed by atoms with Crippen molar-refractivity contribution in [2.75, 3.05) is 18.5 Å². The summed E-state index contributed by atoms with van der Waals surface area (Å²) in [6, 6.07) is 7.25. The van der Waals surface area contributed by atoms with E-state index in [2.05, 4.69) is 20.8 Å². The van der Waals surface area contributed by atoms with Crippen LogP contribution in [0, 0.1) is 0 Å². The van der Waals surface area contributed by atoms with E-state index >= 15 is 0 Å². The van der Waals surface area contributed by atoms with Crippen LogP contribution in [-0.4, -0.2) is 44.9 Å². The number of nitrogens with one attached hydrogen (secondary N) is 1. The van der Waals surface area contributed by atoms with Crippen molar-refractivity contribution in [2.24, 2.45) is 5.73 Å². The van der Waals surface area contributed by atoms with Crippen LogP contribution in [0.1, 0.15) is 12.8 Å². The molecule has 1 fully saturated rings. The maximum atomic E-state index is 12.3. The molecule has 3 N–H and O–H groups in total. The zero-order valence-corrected chi connectivity index (χ0v) is 12.6. The first-order valence-corrected chi connectivity index (χ1v) is 6.69. The number of nitrogens with zero attached hydrogens (tertiary/aromatic N) is 4. The summed E-state index contributed by atoms with van der Waals surface area (Å²) < 4.78 is 6.76. The molecule has 0 unspecified atom stereocenters. The molecule has 1 aliphatic heterocycles. The van der Waals surface area contributed by atoms with Gasteiger partial charge in [0.1, 0.15) is 11.9 Å². The van der Waals surface area contributed by atoms with Crippen LogP contribution < -0.4 is 11.1 Å². The van der Waals surface area contributed by atoms with Crippen molar-refractivity contribution in [1.29, 1.82) is 0 Å². The van der Waals surface area contributed by atoms with E-state index in [1.807, 2.05) is 12.1 Å². The van der Waals surface area contributed by atoms with Crippen molar-refractivity contribution in [1.82, 2.24) is 20.2 Å². The average molecular weight is 325 g/mol. The number of halogens is 1. The van der Waals surface area contributed by atoms with Gasteiger partial charge in [-0.1, -0.05) is 6.07 Å². The first-order chi connectivity index (χ1) is 10.2. The lowest BCUT2D eigenvalue weighted by Crippen LogP contribution is -2.54. The Hall–Kier alpha value is -2.03. The molecule has 9 heteroatoms. The minimum absolute atomic E-state index is 0. The topological polar surface area (TPSA) is 108 Å². The third kappa shape index (κ3) is 3.41. The molecular weight excluding hydrogens is 308 g/mol. The molecule has 0 bridgehead atoms.